The molecule has 0 aliphatic rings. The number of carbonyl (C=O) groups excluding carboxylic acids is 1. The Morgan fingerprint density at radius 3 is 2.44 bits per heavy atom. The molecule has 34 heavy (non-hydrogen) atoms. The van der Waals surface area contributed by atoms with Gasteiger partial charge in [0.05, 0.1) is 16.8 Å². The van der Waals surface area contributed by atoms with E-state index in [0.29, 0.717) is 34.0 Å². The highest BCUT2D eigenvalue weighted by atomic mass is 16.5. The van der Waals surface area contributed by atoms with Gasteiger partial charge in [-0.2, -0.15) is 9.97 Å². The number of hydrogen-bond acceptors (Lipinski definition) is 7. The summed E-state index contributed by atoms with van der Waals surface area (Å²) in [6, 6.07) is 11.2. The van der Waals surface area contributed by atoms with Gasteiger partial charge in [0.25, 0.3) is 11.7 Å². The Hall–Kier alpha value is -5.20. The first-order valence-electron chi connectivity index (χ1n) is 9.81. The Labute approximate surface area is 192 Å². The number of aryl methyl sites for hydroxylation is 1. The molecule has 4 rings (SSSR count). The lowest BCUT2D eigenvalue weighted by atomic mass is 10.1. The van der Waals surface area contributed by atoms with Gasteiger partial charge in [0.2, 0.25) is 5.91 Å². The van der Waals surface area contributed by atoms with E-state index in [1.54, 1.807) is 37.3 Å². The number of amides is 1. The monoisotopic (exact) mass is 461 g/mol. The Morgan fingerprint density at radius 1 is 0.971 bits per heavy atom. The summed E-state index contributed by atoms with van der Waals surface area (Å²) in [5.74, 6) is 0.471. The van der Waals surface area contributed by atoms with Crippen LogP contribution in [0, 0.1) is 6.92 Å². The molecule has 1 amide bonds. The number of nitrogens with one attached hydrogen (secondary N) is 1. The van der Waals surface area contributed by atoms with Gasteiger partial charge in [0.1, 0.15) is 22.8 Å². The summed E-state index contributed by atoms with van der Waals surface area (Å²) in [5.41, 5.74) is 23.6. The van der Waals surface area contributed by atoms with Crippen LogP contribution in [0.3, 0.4) is 0 Å². The van der Waals surface area contributed by atoms with Gasteiger partial charge in [-0.05, 0) is 37.3 Å². The number of rotatable bonds is 7. The number of guanidine groups is 1. The minimum atomic E-state index is -0.719. The Balaban J connectivity index is 1.73. The van der Waals surface area contributed by atoms with Crippen LogP contribution in [0.25, 0.3) is 11.2 Å². The highest BCUT2D eigenvalue weighted by Crippen LogP contribution is 2.31. The van der Waals surface area contributed by atoms with E-state index < -0.39 is 5.91 Å². The van der Waals surface area contributed by atoms with E-state index in [2.05, 4.69) is 24.9 Å². The quantitative estimate of drug-likeness (QED) is 0.156. The van der Waals surface area contributed by atoms with Crippen LogP contribution in [-0.2, 0) is 0 Å². The number of aliphatic imine (C=N–C) groups is 1. The Bertz CT molecular complexity index is 1460. The smallest absolute Gasteiger partial charge is 0.327 e. The van der Waals surface area contributed by atoms with Gasteiger partial charge in [0, 0.05) is 6.07 Å². The first-order valence-corrected chi connectivity index (χ1v) is 9.81. The molecule has 4 aromatic rings. The Kier molecular flexibility index (Phi) is 5.66. The van der Waals surface area contributed by atoms with Gasteiger partial charge in [-0.25, -0.2) is 9.98 Å². The van der Waals surface area contributed by atoms with Crippen molar-refractivity contribution in [3.05, 3.63) is 59.4 Å². The maximum Gasteiger partial charge on any atom is 0.327 e. The van der Waals surface area contributed by atoms with E-state index in [0.717, 1.165) is 0 Å². The molecule has 0 spiro atoms. The lowest BCUT2D eigenvalue weighted by molar-refractivity contribution is -0.114. The molecule has 172 valence electrons. The summed E-state index contributed by atoms with van der Waals surface area (Å²) in [6.07, 6.45) is 0. The van der Waals surface area contributed by atoms with Crippen molar-refractivity contribution in [3.63, 3.8) is 0 Å². The fourth-order valence-corrected chi connectivity index (χ4v) is 3.11. The third-order valence-corrected chi connectivity index (χ3v) is 4.48. The van der Waals surface area contributed by atoms with E-state index in [1.807, 2.05) is 0 Å². The first-order chi connectivity index (χ1) is 16.2. The minimum absolute atomic E-state index is 0.0397. The molecule has 13 heteroatoms. The average Bonchev–Trinajstić information content (AvgIpc) is 3.13. The predicted octanol–water partition coefficient (Wildman–Crippen LogP) is -0.286. The molecule has 0 bridgehead atoms. The number of nitrogens with zero attached hydrogens (tertiary/aromatic N) is 4. The second-order valence-corrected chi connectivity index (χ2v) is 7.10. The molecule has 0 atom stereocenters. The number of benzene rings is 2. The molecular weight excluding hydrogens is 440 g/mol. The molecule has 11 N–H and O–H groups in total. The van der Waals surface area contributed by atoms with Gasteiger partial charge in [-0.3, -0.25) is 15.9 Å². The SMILES string of the molecule is Cc1nc2nc(Oc3cccc(N=C(N)N)c3)nc(Oc3ccc(C(N)=[NH2+])c(C(N)=O)c3)c2[nH]1. The average molecular weight is 461 g/mol. The number of H-pyrrole nitrogens is 1. The number of fused-ring (bicyclic) bond motifs is 1. The number of aromatic amines is 1. The summed E-state index contributed by atoms with van der Waals surface area (Å²) < 4.78 is 11.7. The van der Waals surface area contributed by atoms with Gasteiger partial charge in [-0.15, -0.1) is 0 Å². The number of primary amides is 1. The maximum absolute atomic E-state index is 11.9. The molecule has 0 fully saturated rings. The van der Waals surface area contributed by atoms with Crippen molar-refractivity contribution in [3.8, 4) is 23.4 Å². The van der Waals surface area contributed by atoms with Gasteiger partial charge < -0.3 is 31.7 Å². The molecule has 0 saturated heterocycles. The lowest BCUT2D eigenvalue weighted by Gasteiger charge is -2.10. The summed E-state index contributed by atoms with van der Waals surface area (Å²) in [4.78, 5) is 31.9. The number of imidazole rings is 1. The van der Waals surface area contributed by atoms with Crippen molar-refractivity contribution in [1.29, 1.82) is 0 Å². The van der Waals surface area contributed by atoms with E-state index in [-0.39, 0.29) is 35.0 Å². The van der Waals surface area contributed by atoms with Crippen LogP contribution in [0.1, 0.15) is 21.7 Å². The van der Waals surface area contributed by atoms with Crippen molar-refractivity contribution in [2.45, 2.75) is 6.92 Å². The molecule has 13 nitrogen and oxygen atoms in total. The number of ether oxygens (including phenoxy) is 2. The van der Waals surface area contributed by atoms with Crippen molar-refractivity contribution in [2.75, 3.05) is 0 Å². The highest BCUT2D eigenvalue weighted by molar-refractivity contribution is 6.06. The molecule has 2 heterocycles. The number of amidine groups is 1. The maximum atomic E-state index is 11.9. The van der Waals surface area contributed by atoms with Crippen molar-refractivity contribution in [1.82, 2.24) is 19.9 Å². The number of nitrogens with two attached hydrogens (primary N) is 5. The van der Waals surface area contributed by atoms with Gasteiger partial charge in [-0.1, -0.05) is 6.07 Å². The zero-order chi connectivity index (χ0) is 24.4. The molecular formula is C21H21N10O3+. The Morgan fingerprint density at radius 2 is 1.74 bits per heavy atom. The number of carbonyl (C=O) groups is 1. The van der Waals surface area contributed by atoms with Gasteiger partial charge in [0.15, 0.2) is 11.6 Å². The van der Waals surface area contributed by atoms with Crippen LogP contribution in [0.4, 0.5) is 5.69 Å². The zero-order valence-corrected chi connectivity index (χ0v) is 17.9. The predicted molar refractivity (Wildman–Crippen MR) is 124 cm³/mol. The third-order valence-electron chi connectivity index (χ3n) is 4.48. The van der Waals surface area contributed by atoms with E-state index in [9.17, 15) is 4.79 Å². The van der Waals surface area contributed by atoms with Crippen LogP contribution in [0.15, 0.2) is 47.5 Å². The van der Waals surface area contributed by atoms with E-state index >= 15 is 0 Å². The second kappa shape index (κ2) is 8.74. The van der Waals surface area contributed by atoms with Crippen LogP contribution >= 0.6 is 0 Å². The van der Waals surface area contributed by atoms with Crippen LogP contribution < -0.4 is 37.8 Å². The molecule has 2 aromatic heterocycles. The molecule has 0 radical (unpaired) electrons. The zero-order valence-electron chi connectivity index (χ0n) is 17.9. The number of hydrogen-bond donors (Lipinski definition) is 6. The molecule has 0 unspecified atom stereocenters. The summed E-state index contributed by atoms with van der Waals surface area (Å²) in [6.45, 7) is 1.75. The summed E-state index contributed by atoms with van der Waals surface area (Å²) in [7, 11) is 0. The van der Waals surface area contributed by atoms with Gasteiger partial charge >= 0.3 is 6.01 Å². The largest absolute Gasteiger partial charge is 0.437 e. The normalized spacial score (nSPS) is 10.6. The van der Waals surface area contributed by atoms with E-state index in [4.69, 9.17) is 37.8 Å². The minimum Gasteiger partial charge on any atom is -0.437 e. The molecule has 0 saturated carbocycles. The number of aromatic nitrogens is 4. The van der Waals surface area contributed by atoms with Crippen LogP contribution in [0.5, 0.6) is 23.4 Å². The van der Waals surface area contributed by atoms with Crippen LogP contribution in [0.2, 0.25) is 0 Å². The van der Waals surface area contributed by atoms with Crippen molar-refractivity contribution < 1.29 is 19.7 Å². The standard InChI is InChI=1S/C21H20N10O3/c1-9-27-15-18(28-9)30-21(34-11-4-2-3-10(7-11)29-20(25)26)31-19(15)33-12-5-6-13(16(22)23)14(8-12)17(24)32/h2-8H,1H3,(H3,22,23)(H2,24,32)(H4,25,26,29)(H,27,28,30,31)/p+1. The molecule has 0 aliphatic heterocycles. The third kappa shape index (κ3) is 4.67. The topological polar surface area (TPSA) is 232 Å². The van der Waals surface area contributed by atoms with Crippen LogP contribution in [-0.4, -0.2) is 37.6 Å². The second-order valence-electron chi connectivity index (χ2n) is 7.10. The summed E-state index contributed by atoms with van der Waals surface area (Å²) in [5, 5.41) is 5.64. The van der Waals surface area contributed by atoms with E-state index in [1.165, 1.54) is 12.1 Å². The molecule has 2 aromatic carbocycles. The fourth-order valence-electron chi connectivity index (χ4n) is 3.11. The van der Waals surface area contributed by atoms with Crippen molar-refractivity contribution >= 4 is 34.6 Å². The fraction of sp³-hybridized carbons (Fsp3) is 0.0476. The molecule has 0 aliphatic carbocycles. The lowest BCUT2D eigenvalue weighted by Crippen LogP contribution is -2.47. The first kappa shape index (κ1) is 22.0. The summed E-state index contributed by atoms with van der Waals surface area (Å²) >= 11 is 0. The van der Waals surface area contributed by atoms with Crippen molar-refractivity contribution in [2.24, 2.45) is 27.9 Å². The highest BCUT2D eigenvalue weighted by Gasteiger charge is 2.18.